The summed E-state index contributed by atoms with van der Waals surface area (Å²) >= 11 is 0. The van der Waals surface area contributed by atoms with E-state index in [-0.39, 0.29) is 30.6 Å². The number of aliphatic imine (C=N–C) groups is 1. The Hall–Kier alpha value is -4.19. The number of esters is 1. The summed E-state index contributed by atoms with van der Waals surface area (Å²) in [6.45, 7) is 15.7. The number of aliphatic hydroxyl groups excluding tert-OH is 1. The van der Waals surface area contributed by atoms with Gasteiger partial charge < -0.3 is 33.7 Å². The van der Waals surface area contributed by atoms with Gasteiger partial charge in [0.2, 0.25) is 0 Å². The minimum Gasteiger partial charge on any atom is -0.458 e. The highest BCUT2D eigenvalue weighted by Crippen LogP contribution is 2.44. The van der Waals surface area contributed by atoms with Gasteiger partial charge in [-0.25, -0.2) is 4.79 Å². The predicted octanol–water partition coefficient (Wildman–Crippen LogP) is 5.75. The molecule has 13 atom stereocenters. The fourth-order valence-corrected chi connectivity index (χ4v) is 9.99. The Kier molecular flexibility index (Phi) is 14.2. The van der Waals surface area contributed by atoms with Crippen LogP contribution in [0.4, 0.5) is 4.79 Å². The van der Waals surface area contributed by atoms with Crippen LogP contribution in [0.25, 0.3) is 11.3 Å². The highest BCUT2D eigenvalue weighted by molar-refractivity contribution is 6.00. The minimum absolute atomic E-state index is 0.00936. The van der Waals surface area contributed by atoms with Gasteiger partial charge in [0.1, 0.15) is 24.7 Å². The molecule has 0 spiro atoms. The summed E-state index contributed by atoms with van der Waals surface area (Å²) < 4.78 is 32.3. The molecular weight excluding hydrogens is 765 g/mol. The number of pyridine rings is 1. The molecule has 0 radical (unpaired) electrons. The molecule has 3 saturated heterocycles. The van der Waals surface area contributed by atoms with Crippen LogP contribution in [0.2, 0.25) is 0 Å². The van der Waals surface area contributed by atoms with Crippen LogP contribution < -0.4 is 0 Å². The molecule has 1 amide bonds. The number of fused-ring (bicyclic) bond motifs is 1. The number of rotatable bonds is 8. The van der Waals surface area contributed by atoms with Crippen molar-refractivity contribution in [3.8, 4) is 23.1 Å². The van der Waals surface area contributed by atoms with Gasteiger partial charge in [-0.05, 0) is 84.7 Å². The summed E-state index contributed by atoms with van der Waals surface area (Å²) in [7, 11) is 3.80. The maximum Gasteiger partial charge on any atom is 0.410 e. The third kappa shape index (κ3) is 9.33. The lowest BCUT2D eigenvalue weighted by Crippen LogP contribution is -2.60. The fourth-order valence-electron chi connectivity index (χ4n) is 9.99. The molecule has 2 aromatic rings. The molecule has 13 nitrogen and oxygen atoms in total. The second-order valence-electron chi connectivity index (χ2n) is 17.8. The second kappa shape index (κ2) is 18.8. The monoisotopic (exact) mass is 828 g/mol. The maximum absolute atomic E-state index is 14.6. The summed E-state index contributed by atoms with van der Waals surface area (Å²) in [5.74, 6) is 2.67. The van der Waals surface area contributed by atoms with Gasteiger partial charge in [0.05, 0.1) is 36.1 Å². The number of aliphatic hydroxyl groups is 1. The van der Waals surface area contributed by atoms with E-state index in [2.05, 4.69) is 23.7 Å². The fraction of sp³-hybridized carbons (Fsp3) is 0.638. The predicted molar refractivity (Wildman–Crippen MR) is 227 cm³/mol. The largest absolute Gasteiger partial charge is 0.458 e. The lowest BCUT2D eigenvalue weighted by atomic mass is 9.73. The first kappa shape index (κ1) is 45.3. The molecule has 326 valence electrons. The van der Waals surface area contributed by atoms with Gasteiger partial charge in [0.15, 0.2) is 17.7 Å². The van der Waals surface area contributed by atoms with E-state index in [9.17, 15) is 19.5 Å². The van der Waals surface area contributed by atoms with Crippen LogP contribution in [0, 0.1) is 35.5 Å². The van der Waals surface area contributed by atoms with E-state index in [1.54, 1.807) is 18.0 Å². The van der Waals surface area contributed by atoms with E-state index >= 15 is 0 Å². The zero-order chi connectivity index (χ0) is 43.5. The average molecular weight is 829 g/mol. The third-order valence-corrected chi connectivity index (χ3v) is 13.2. The second-order valence-corrected chi connectivity index (χ2v) is 17.8. The third-order valence-electron chi connectivity index (χ3n) is 13.2. The number of amides is 1. The zero-order valence-electron chi connectivity index (χ0n) is 36.9. The number of benzene rings is 1. The topological polar surface area (TPSA) is 149 Å². The van der Waals surface area contributed by atoms with E-state index in [4.69, 9.17) is 28.7 Å². The number of carbonyl (C=O) groups excluding carboxylic acids is 3. The Morgan fingerprint density at radius 1 is 1.00 bits per heavy atom. The Morgan fingerprint density at radius 2 is 1.73 bits per heavy atom. The van der Waals surface area contributed by atoms with Gasteiger partial charge in [-0.3, -0.25) is 24.5 Å². The lowest BCUT2D eigenvalue weighted by Gasteiger charge is -2.47. The van der Waals surface area contributed by atoms with Crippen molar-refractivity contribution in [3.63, 3.8) is 0 Å². The van der Waals surface area contributed by atoms with Crippen LogP contribution in [-0.2, 0) is 39.7 Å². The zero-order valence-corrected chi connectivity index (χ0v) is 36.9. The highest BCUT2D eigenvalue weighted by Gasteiger charge is 2.60. The first-order valence-electron chi connectivity index (χ1n) is 21.5. The summed E-state index contributed by atoms with van der Waals surface area (Å²) in [4.78, 5) is 55.3. The smallest absolute Gasteiger partial charge is 0.410 e. The van der Waals surface area contributed by atoms with Gasteiger partial charge in [0, 0.05) is 48.3 Å². The van der Waals surface area contributed by atoms with Crippen molar-refractivity contribution in [2.45, 2.75) is 135 Å². The number of Topliss-reactive ketones (excluding diaryl/α,β-unsaturated/α-hetero) is 1. The van der Waals surface area contributed by atoms with E-state index in [1.807, 2.05) is 96.1 Å². The normalized spacial score (nSPS) is 36.3. The summed E-state index contributed by atoms with van der Waals surface area (Å²) in [5.41, 5.74) is 1.39. The molecular formula is C47H64N4O9. The lowest BCUT2D eigenvalue weighted by molar-refractivity contribution is -0.296. The highest BCUT2D eigenvalue weighted by atomic mass is 16.7. The molecule has 13 heteroatoms. The van der Waals surface area contributed by atoms with Crippen LogP contribution in [0.3, 0.4) is 0 Å². The van der Waals surface area contributed by atoms with Crippen molar-refractivity contribution in [3.05, 3.63) is 54.2 Å². The molecule has 4 aliphatic rings. The number of ketones is 1. The molecule has 1 aromatic carbocycles. The molecule has 3 fully saturated rings. The average Bonchev–Trinajstić information content (AvgIpc) is 3.35. The summed E-state index contributed by atoms with van der Waals surface area (Å²) in [5, 5.41) is 11.7. The van der Waals surface area contributed by atoms with Crippen LogP contribution in [0.15, 0.2) is 53.7 Å². The number of hydrogen-bond acceptors (Lipinski definition) is 12. The number of ether oxygens (including phenoxy) is 5. The molecule has 2 bridgehead atoms. The molecule has 1 aromatic heterocycles. The van der Waals surface area contributed by atoms with Gasteiger partial charge in [0.25, 0.3) is 0 Å². The Morgan fingerprint density at radius 3 is 2.40 bits per heavy atom. The van der Waals surface area contributed by atoms with E-state index in [0.717, 1.165) is 22.5 Å². The standard InChI is InChI=1S/C47H64N4O9/c1-11-37-47(8)41-30(4)38(49-23-24-51(41)45(55)60-47)28(2)27-46(7,56-25-15-13-16-33-18-20-34(21-19-33)35-17-12-14-22-48-35)42(31(5)39(52)32(6)43(54)58-37)59-44-40(53)36(50(9)10)26-29(3)57-44/h12,14,17-22,28-32,36-37,40-42,44,53H,11,16,23-27H2,1-10H3/t28-,29-,30-,31+,32-,36+,37+,40-,41-,42-,44+,46-,47-/m1/s1. The number of cyclic esters (lactones) is 1. The number of aromatic nitrogens is 1. The number of carbonyl (C=O) groups is 3. The number of nitrogens with zero attached hydrogens (tertiary/aromatic N) is 4. The van der Waals surface area contributed by atoms with Crippen molar-refractivity contribution in [1.29, 1.82) is 0 Å². The SMILES string of the molecule is CC[C@@H]1OC(=O)[C@H](C)C(=O)[C@H](C)[C@@H](O[C@@H]2O[C@H](C)C[C@H](N(C)C)[C@H]2O)[C@](C)(OCC#CCc2ccc(-c3ccccn3)cc2)C[C@@H](C)C2=NCCN3C(=O)O[C@@]1(C)[C@H]3[C@@H]2C. The Bertz CT molecular complexity index is 1930. The maximum atomic E-state index is 14.6. The first-order chi connectivity index (χ1) is 28.5. The minimum atomic E-state index is -1.23. The van der Waals surface area contributed by atoms with E-state index in [0.29, 0.717) is 38.8 Å². The van der Waals surface area contributed by atoms with Crippen molar-refractivity contribution < 1.29 is 43.2 Å². The Labute approximate surface area is 355 Å². The van der Waals surface area contributed by atoms with Gasteiger partial charge in [-0.15, -0.1) is 0 Å². The van der Waals surface area contributed by atoms with Crippen LogP contribution in [0.1, 0.15) is 80.2 Å². The molecule has 4 aliphatic heterocycles. The van der Waals surface area contributed by atoms with Gasteiger partial charge in [-0.1, -0.05) is 69.9 Å². The van der Waals surface area contributed by atoms with Crippen LogP contribution in [-0.4, -0.2) is 131 Å². The molecule has 5 heterocycles. The van der Waals surface area contributed by atoms with Crippen LogP contribution in [0.5, 0.6) is 0 Å². The van der Waals surface area contributed by atoms with Crippen molar-refractivity contribution in [2.24, 2.45) is 28.7 Å². The summed E-state index contributed by atoms with van der Waals surface area (Å²) in [6, 6.07) is 13.2. The molecule has 6 rings (SSSR count). The van der Waals surface area contributed by atoms with Crippen LogP contribution >= 0.6 is 0 Å². The molecule has 0 saturated carbocycles. The number of likely N-dealkylation sites (N-methyl/N-ethyl adjacent to an activating group) is 1. The Balaban J connectivity index is 1.37. The number of hydrogen-bond donors (Lipinski definition) is 1. The molecule has 60 heavy (non-hydrogen) atoms. The van der Waals surface area contributed by atoms with E-state index in [1.165, 1.54) is 6.92 Å². The quantitative estimate of drug-likeness (QED) is 0.197. The van der Waals surface area contributed by atoms with Gasteiger partial charge >= 0.3 is 12.1 Å². The summed E-state index contributed by atoms with van der Waals surface area (Å²) in [6.07, 6.45) is -1.16. The molecule has 0 unspecified atom stereocenters. The van der Waals surface area contributed by atoms with Gasteiger partial charge in [-0.2, -0.15) is 0 Å². The first-order valence-corrected chi connectivity index (χ1v) is 21.5. The van der Waals surface area contributed by atoms with Crippen molar-refractivity contribution in [2.75, 3.05) is 33.8 Å². The van der Waals surface area contributed by atoms with Crippen molar-refractivity contribution >= 4 is 23.6 Å². The van der Waals surface area contributed by atoms with Crippen molar-refractivity contribution in [1.82, 2.24) is 14.8 Å². The molecule has 1 N–H and O–H groups in total. The molecule has 0 aliphatic carbocycles. The van der Waals surface area contributed by atoms with E-state index < -0.39 is 71.5 Å².